The number of hydrogen-bond donors (Lipinski definition) is 0. The fourth-order valence-corrected chi connectivity index (χ4v) is 5.09. The minimum Gasteiger partial charge on any atom is -0.335 e. The first-order valence-corrected chi connectivity index (χ1v) is 11.9. The van der Waals surface area contributed by atoms with Crippen molar-refractivity contribution in [1.82, 2.24) is 19.7 Å². The van der Waals surface area contributed by atoms with Gasteiger partial charge in [-0.2, -0.15) is 0 Å². The van der Waals surface area contributed by atoms with E-state index in [9.17, 15) is 9.59 Å². The van der Waals surface area contributed by atoms with Crippen molar-refractivity contribution >= 4 is 23.2 Å². The molecule has 164 valence electrons. The van der Waals surface area contributed by atoms with Gasteiger partial charge in [-0.25, -0.2) is 4.98 Å². The van der Waals surface area contributed by atoms with E-state index in [1.54, 1.807) is 6.20 Å². The third-order valence-corrected chi connectivity index (χ3v) is 7.21. The lowest BCUT2D eigenvalue weighted by Crippen LogP contribution is -2.64. The third kappa shape index (κ3) is 4.06. The second-order valence-corrected chi connectivity index (χ2v) is 9.32. The zero-order valence-corrected chi connectivity index (χ0v) is 18.9. The monoisotopic (exact) mass is 446 g/mol. The minimum absolute atomic E-state index is 0.0273. The van der Waals surface area contributed by atoms with Crippen LogP contribution < -0.4 is 0 Å². The van der Waals surface area contributed by atoms with Gasteiger partial charge < -0.3 is 9.80 Å². The van der Waals surface area contributed by atoms with Gasteiger partial charge in [0, 0.05) is 62.5 Å². The minimum atomic E-state index is 0.0273. The first-order chi connectivity index (χ1) is 15.6. The van der Waals surface area contributed by atoms with Crippen LogP contribution in [0.1, 0.15) is 25.7 Å². The Morgan fingerprint density at radius 2 is 1.66 bits per heavy atom. The van der Waals surface area contributed by atoms with Gasteiger partial charge in [-0.15, -0.1) is 11.3 Å². The number of amides is 2. The van der Waals surface area contributed by atoms with Crippen molar-refractivity contribution in [3.8, 4) is 11.1 Å². The van der Waals surface area contributed by atoms with Crippen LogP contribution in [0.5, 0.6) is 0 Å². The highest BCUT2D eigenvalue weighted by molar-refractivity contribution is 7.11. The molecule has 2 fully saturated rings. The van der Waals surface area contributed by atoms with Crippen molar-refractivity contribution in [1.29, 1.82) is 0 Å². The van der Waals surface area contributed by atoms with Crippen molar-refractivity contribution in [2.75, 3.05) is 39.3 Å². The number of carbonyl (C=O) groups excluding carboxylic acids is 2. The molecule has 0 aliphatic carbocycles. The summed E-state index contributed by atoms with van der Waals surface area (Å²) in [6.07, 6.45) is 1.67. The Balaban J connectivity index is 1.15. The van der Waals surface area contributed by atoms with Gasteiger partial charge in [-0.05, 0) is 29.7 Å². The molecule has 0 radical (unpaired) electrons. The smallest absolute Gasteiger partial charge is 0.282 e. The standard InChI is InChI=1S/C25H26N4O2S/c1-18-15-20(19-5-3-2-4-6-19)7-8-22(18)24(30)29-16-21(17-29)27-10-12-28(13-11-27)25(31)23-26-9-14-32-23/h2-9,14-15,21H,10-13,16-17H2,1H3. The average molecular weight is 447 g/mol. The van der Waals surface area contributed by atoms with Gasteiger partial charge in [-0.3, -0.25) is 14.5 Å². The summed E-state index contributed by atoms with van der Waals surface area (Å²) < 4.78 is 0. The van der Waals surface area contributed by atoms with Gasteiger partial charge in [0.05, 0.1) is 0 Å². The predicted molar refractivity (Wildman–Crippen MR) is 126 cm³/mol. The Morgan fingerprint density at radius 3 is 2.31 bits per heavy atom. The Morgan fingerprint density at radius 1 is 0.906 bits per heavy atom. The molecule has 0 saturated carbocycles. The second-order valence-electron chi connectivity index (χ2n) is 8.43. The van der Waals surface area contributed by atoms with Gasteiger partial charge >= 0.3 is 0 Å². The second kappa shape index (κ2) is 8.84. The van der Waals surface area contributed by atoms with E-state index in [1.807, 2.05) is 52.4 Å². The van der Waals surface area contributed by atoms with Crippen molar-refractivity contribution in [2.24, 2.45) is 0 Å². The Kier molecular flexibility index (Phi) is 5.76. The maximum atomic E-state index is 13.0. The van der Waals surface area contributed by atoms with Crippen LogP contribution in [0.25, 0.3) is 11.1 Å². The Bertz CT molecular complexity index is 1100. The molecule has 2 amide bonds. The van der Waals surface area contributed by atoms with Crippen molar-refractivity contribution in [2.45, 2.75) is 13.0 Å². The number of piperazine rings is 1. The van der Waals surface area contributed by atoms with Gasteiger partial charge in [0.2, 0.25) is 0 Å². The summed E-state index contributed by atoms with van der Waals surface area (Å²) in [7, 11) is 0. The van der Waals surface area contributed by atoms with Gasteiger partial charge in [0.1, 0.15) is 0 Å². The van der Waals surface area contributed by atoms with Crippen LogP contribution in [0.15, 0.2) is 60.1 Å². The van der Waals surface area contributed by atoms with Crippen molar-refractivity contribution in [3.05, 3.63) is 76.2 Å². The maximum Gasteiger partial charge on any atom is 0.282 e. The number of nitrogens with zero attached hydrogens (tertiary/aromatic N) is 4. The zero-order chi connectivity index (χ0) is 22.1. The number of benzene rings is 2. The van der Waals surface area contributed by atoms with E-state index in [0.717, 1.165) is 48.4 Å². The molecule has 2 aromatic carbocycles. The molecule has 32 heavy (non-hydrogen) atoms. The topological polar surface area (TPSA) is 56.8 Å². The number of aryl methyl sites for hydroxylation is 1. The maximum absolute atomic E-state index is 13.0. The summed E-state index contributed by atoms with van der Waals surface area (Å²) in [6.45, 7) is 6.61. The molecule has 2 aliphatic rings. The quantitative estimate of drug-likeness (QED) is 0.616. The van der Waals surface area contributed by atoms with Crippen LogP contribution in [0, 0.1) is 6.92 Å². The highest BCUT2D eigenvalue weighted by Gasteiger charge is 2.37. The van der Waals surface area contributed by atoms with E-state index in [1.165, 1.54) is 11.3 Å². The number of hydrogen-bond acceptors (Lipinski definition) is 5. The fourth-order valence-electron chi connectivity index (χ4n) is 4.49. The van der Waals surface area contributed by atoms with E-state index in [-0.39, 0.29) is 11.8 Å². The number of aromatic nitrogens is 1. The fraction of sp³-hybridized carbons (Fsp3) is 0.320. The van der Waals surface area contributed by atoms with E-state index >= 15 is 0 Å². The summed E-state index contributed by atoms with van der Waals surface area (Å²) in [4.78, 5) is 35.9. The zero-order valence-electron chi connectivity index (χ0n) is 18.1. The molecule has 0 unspecified atom stereocenters. The molecule has 0 atom stereocenters. The van der Waals surface area contributed by atoms with E-state index < -0.39 is 0 Å². The number of likely N-dealkylation sites (tertiary alicyclic amines) is 1. The SMILES string of the molecule is Cc1cc(-c2ccccc2)ccc1C(=O)N1CC(N2CCN(C(=O)c3nccs3)CC2)C1. The molecule has 6 nitrogen and oxygen atoms in total. The predicted octanol–water partition coefficient (Wildman–Crippen LogP) is 3.40. The lowest BCUT2D eigenvalue weighted by atomic mass is 9.97. The van der Waals surface area contributed by atoms with Crippen LogP contribution in [0.3, 0.4) is 0 Å². The summed E-state index contributed by atoms with van der Waals surface area (Å²) in [5.74, 6) is 0.135. The Labute approximate surface area is 192 Å². The van der Waals surface area contributed by atoms with Crippen molar-refractivity contribution < 1.29 is 9.59 Å². The molecule has 0 spiro atoms. The normalized spacial score (nSPS) is 17.3. The highest BCUT2D eigenvalue weighted by atomic mass is 32.1. The Hall–Kier alpha value is -3.03. The van der Waals surface area contributed by atoms with Crippen molar-refractivity contribution in [3.63, 3.8) is 0 Å². The molecular weight excluding hydrogens is 420 g/mol. The summed E-state index contributed by atoms with van der Waals surface area (Å²) in [6, 6.07) is 16.7. The van der Waals surface area contributed by atoms with Crippen LogP contribution >= 0.6 is 11.3 Å². The lowest BCUT2D eigenvalue weighted by Gasteiger charge is -2.48. The largest absolute Gasteiger partial charge is 0.335 e. The van der Waals surface area contributed by atoms with E-state index in [0.29, 0.717) is 24.1 Å². The molecule has 0 N–H and O–H groups in total. The van der Waals surface area contributed by atoms with Gasteiger partial charge in [-0.1, -0.05) is 42.5 Å². The van der Waals surface area contributed by atoms with Crippen LogP contribution in [0.2, 0.25) is 0 Å². The van der Waals surface area contributed by atoms with Crippen LogP contribution in [0.4, 0.5) is 0 Å². The molecule has 0 bridgehead atoms. The third-order valence-electron chi connectivity index (χ3n) is 6.45. The van der Waals surface area contributed by atoms with Crippen LogP contribution in [-0.4, -0.2) is 76.8 Å². The molecule has 2 saturated heterocycles. The molecule has 3 aromatic rings. The molecular formula is C25H26N4O2S. The molecule has 3 heterocycles. The molecule has 5 rings (SSSR count). The summed E-state index contributed by atoms with van der Waals surface area (Å²) in [5.41, 5.74) is 4.08. The molecule has 1 aromatic heterocycles. The average Bonchev–Trinajstić information content (AvgIpc) is 3.33. The lowest BCUT2D eigenvalue weighted by molar-refractivity contribution is 0.00850. The highest BCUT2D eigenvalue weighted by Crippen LogP contribution is 2.25. The van der Waals surface area contributed by atoms with Crippen LogP contribution in [-0.2, 0) is 0 Å². The van der Waals surface area contributed by atoms with E-state index in [4.69, 9.17) is 0 Å². The first kappa shape index (κ1) is 20.8. The number of rotatable bonds is 4. The molecule has 7 heteroatoms. The molecule has 2 aliphatic heterocycles. The van der Waals surface area contributed by atoms with E-state index in [2.05, 4.69) is 28.1 Å². The summed E-state index contributed by atoms with van der Waals surface area (Å²) >= 11 is 1.39. The number of carbonyl (C=O) groups is 2. The van der Waals surface area contributed by atoms with Gasteiger partial charge in [0.15, 0.2) is 5.01 Å². The summed E-state index contributed by atoms with van der Waals surface area (Å²) in [5, 5.41) is 2.40. The first-order valence-electron chi connectivity index (χ1n) is 11.0. The number of thiazole rings is 1. The van der Waals surface area contributed by atoms with Gasteiger partial charge in [0.25, 0.3) is 11.8 Å².